The van der Waals surface area contributed by atoms with E-state index in [4.69, 9.17) is 0 Å². The largest absolute Gasteiger partial charge is 0.310 e. The second-order valence-corrected chi connectivity index (χ2v) is 8.85. The monoisotopic (exact) mass is 437 g/mol. The van der Waals surface area contributed by atoms with Crippen molar-refractivity contribution in [3.8, 4) is 5.69 Å². The van der Waals surface area contributed by atoms with Crippen LogP contribution < -0.4 is 4.90 Å². The maximum Gasteiger partial charge on any atom is 0.0724 e. The number of hydrogen-bond donors (Lipinski definition) is 0. The fourth-order valence-electron chi connectivity index (χ4n) is 5.41. The van der Waals surface area contributed by atoms with Crippen LogP contribution in [-0.2, 0) is 12.8 Å². The summed E-state index contributed by atoms with van der Waals surface area (Å²) in [5, 5.41) is 2.48. The molecule has 6 aromatic rings. The fraction of sp³-hybridized carbons (Fsp3) is 0.0645. The van der Waals surface area contributed by atoms with E-state index in [1.165, 1.54) is 44.5 Å². The van der Waals surface area contributed by atoms with E-state index in [1.807, 2.05) is 12.4 Å². The highest BCUT2D eigenvalue weighted by molar-refractivity contribution is 6.08. The lowest BCUT2D eigenvalue weighted by atomic mass is 10.0. The summed E-state index contributed by atoms with van der Waals surface area (Å²) in [6.07, 6.45) is 5.94. The molecule has 0 saturated heterocycles. The molecule has 2 aromatic heterocycles. The van der Waals surface area contributed by atoms with Crippen LogP contribution in [0.4, 0.5) is 17.1 Å². The third-order valence-electron chi connectivity index (χ3n) is 6.97. The minimum Gasteiger partial charge on any atom is -0.310 e. The lowest BCUT2D eigenvalue weighted by molar-refractivity contribution is 0.977. The molecule has 0 atom stereocenters. The van der Waals surface area contributed by atoms with Gasteiger partial charge >= 0.3 is 0 Å². The van der Waals surface area contributed by atoms with Crippen LogP contribution in [0.3, 0.4) is 0 Å². The quantitative estimate of drug-likeness (QED) is 0.276. The first-order valence-corrected chi connectivity index (χ1v) is 11.8. The predicted molar refractivity (Wildman–Crippen MR) is 141 cm³/mol. The van der Waals surface area contributed by atoms with Gasteiger partial charge in [-0.25, -0.2) is 0 Å². The summed E-state index contributed by atoms with van der Waals surface area (Å²) in [6, 6.07) is 37.2. The van der Waals surface area contributed by atoms with Crippen LogP contribution in [0.15, 0.2) is 116 Å². The number of aromatic nitrogens is 2. The van der Waals surface area contributed by atoms with Gasteiger partial charge in [0.15, 0.2) is 0 Å². The van der Waals surface area contributed by atoms with E-state index in [9.17, 15) is 0 Å². The van der Waals surface area contributed by atoms with Crippen molar-refractivity contribution in [1.82, 2.24) is 9.55 Å². The average molecular weight is 438 g/mol. The Bertz CT molecular complexity index is 1560. The van der Waals surface area contributed by atoms with Gasteiger partial charge in [0.1, 0.15) is 0 Å². The van der Waals surface area contributed by atoms with Crippen molar-refractivity contribution in [3.63, 3.8) is 0 Å². The molecule has 0 spiro atoms. The Morgan fingerprint density at radius 2 is 1.12 bits per heavy atom. The van der Waals surface area contributed by atoms with E-state index in [-0.39, 0.29) is 0 Å². The van der Waals surface area contributed by atoms with Gasteiger partial charge in [-0.2, -0.15) is 0 Å². The van der Waals surface area contributed by atoms with Gasteiger partial charge in [-0.05, 0) is 72.5 Å². The van der Waals surface area contributed by atoms with Gasteiger partial charge in [-0.1, -0.05) is 54.6 Å². The first kappa shape index (κ1) is 19.1. The van der Waals surface area contributed by atoms with Crippen molar-refractivity contribution in [3.05, 3.63) is 127 Å². The molecule has 0 saturated carbocycles. The molecule has 3 nitrogen and oxygen atoms in total. The zero-order valence-corrected chi connectivity index (χ0v) is 18.7. The van der Waals surface area contributed by atoms with Gasteiger partial charge in [0, 0.05) is 39.7 Å². The molecule has 1 aliphatic rings. The Morgan fingerprint density at radius 1 is 0.529 bits per heavy atom. The second kappa shape index (κ2) is 7.60. The van der Waals surface area contributed by atoms with E-state index < -0.39 is 0 Å². The molecule has 0 radical (unpaired) electrons. The fourth-order valence-corrected chi connectivity index (χ4v) is 5.41. The standard InChI is InChI=1S/C31H23N3/c1-4-10-28-22(7-1)13-14-23-8-2-5-11-29(23)33(28)24-15-17-25(18-16-24)34-30-12-6-3-9-26(30)27-19-20-32-21-31(27)34/h1-12,15-21H,13-14H2. The number of benzene rings is 4. The van der Waals surface area contributed by atoms with Crippen LogP contribution >= 0.6 is 0 Å². The molecule has 0 amide bonds. The number of rotatable bonds is 2. The molecule has 1 aliphatic heterocycles. The van der Waals surface area contributed by atoms with Gasteiger partial charge in [0.05, 0.1) is 17.2 Å². The number of fused-ring (bicyclic) bond motifs is 5. The zero-order chi connectivity index (χ0) is 22.5. The maximum atomic E-state index is 4.42. The molecule has 4 aromatic carbocycles. The highest BCUT2D eigenvalue weighted by Gasteiger charge is 2.22. The molecule has 3 heteroatoms. The summed E-state index contributed by atoms with van der Waals surface area (Å²) < 4.78 is 2.31. The molecule has 0 fully saturated rings. The molecule has 0 bridgehead atoms. The Morgan fingerprint density at radius 3 is 1.85 bits per heavy atom. The maximum absolute atomic E-state index is 4.42. The second-order valence-electron chi connectivity index (χ2n) is 8.85. The smallest absolute Gasteiger partial charge is 0.0724 e. The number of para-hydroxylation sites is 3. The minimum atomic E-state index is 1.05. The van der Waals surface area contributed by atoms with Crippen molar-refractivity contribution >= 4 is 38.9 Å². The molecule has 162 valence electrons. The summed E-state index contributed by atoms with van der Waals surface area (Å²) in [6.45, 7) is 0. The summed E-state index contributed by atoms with van der Waals surface area (Å²) in [5.41, 5.74) is 9.93. The topological polar surface area (TPSA) is 21.1 Å². The Hall–Kier alpha value is -4.37. The summed E-state index contributed by atoms with van der Waals surface area (Å²) >= 11 is 0. The lowest BCUT2D eigenvalue weighted by Gasteiger charge is -2.27. The van der Waals surface area contributed by atoms with Crippen molar-refractivity contribution in [2.45, 2.75) is 12.8 Å². The number of hydrogen-bond acceptors (Lipinski definition) is 2. The Labute approximate surface area is 198 Å². The highest BCUT2D eigenvalue weighted by atomic mass is 15.1. The molecule has 7 rings (SSSR count). The van der Waals surface area contributed by atoms with E-state index in [0.29, 0.717) is 0 Å². The first-order chi connectivity index (χ1) is 16.9. The first-order valence-electron chi connectivity index (χ1n) is 11.8. The van der Waals surface area contributed by atoms with Crippen molar-refractivity contribution < 1.29 is 0 Å². The van der Waals surface area contributed by atoms with E-state index in [2.05, 4.69) is 118 Å². The van der Waals surface area contributed by atoms with Gasteiger partial charge in [0.2, 0.25) is 0 Å². The number of pyridine rings is 1. The molecular formula is C31H23N3. The van der Waals surface area contributed by atoms with Gasteiger partial charge in [-0.3, -0.25) is 4.98 Å². The summed E-state index contributed by atoms with van der Waals surface area (Å²) in [7, 11) is 0. The third-order valence-corrected chi connectivity index (χ3v) is 6.97. The van der Waals surface area contributed by atoms with Crippen molar-refractivity contribution in [1.29, 1.82) is 0 Å². The van der Waals surface area contributed by atoms with Crippen LogP contribution in [0.5, 0.6) is 0 Å². The highest BCUT2D eigenvalue weighted by Crippen LogP contribution is 2.42. The van der Waals surface area contributed by atoms with Crippen molar-refractivity contribution in [2.24, 2.45) is 0 Å². The van der Waals surface area contributed by atoms with Gasteiger partial charge < -0.3 is 9.47 Å². The summed E-state index contributed by atoms with van der Waals surface area (Å²) in [5.74, 6) is 0. The normalized spacial score (nSPS) is 13.0. The van der Waals surface area contributed by atoms with E-state index in [1.54, 1.807) is 0 Å². The zero-order valence-electron chi connectivity index (χ0n) is 18.7. The van der Waals surface area contributed by atoms with Gasteiger partial charge in [-0.15, -0.1) is 0 Å². The molecule has 3 heterocycles. The third kappa shape index (κ3) is 2.87. The molecule has 34 heavy (non-hydrogen) atoms. The van der Waals surface area contributed by atoms with Crippen LogP contribution in [0.2, 0.25) is 0 Å². The lowest BCUT2D eigenvalue weighted by Crippen LogP contribution is -2.11. The molecule has 0 N–H and O–H groups in total. The van der Waals surface area contributed by atoms with E-state index >= 15 is 0 Å². The van der Waals surface area contributed by atoms with Crippen LogP contribution in [0.25, 0.3) is 27.5 Å². The number of nitrogens with zero attached hydrogens (tertiary/aromatic N) is 3. The molecule has 0 unspecified atom stereocenters. The Balaban J connectivity index is 1.41. The van der Waals surface area contributed by atoms with Crippen LogP contribution in [0, 0.1) is 0 Å². The molecular weight excluding hydrogens is 414 g/mol. The van der Waals surface area contributed by atoms with Crippen LogP contribution in [-0.4, -0.2) is 9.55 Å². The van der Waals surface area contributed by atoms with Crippen molar-refractivity contribution in [2.75, 3.05) is 4.90 Å². The molecule has 0 aliphatic carbocycles. The Kier molecular flexibility index (Phi) is 4.28. The average Bonchev–Trinajstić information content (AvgIpc) is 3.14. The van der Waals surface area contributed by atoms with Gasteiger partial charge in [0.25, 0.3) is 0 Å². The summed E-state index contributed by atoms with van der Waals surface area (Å²) in [4.78, 5) is 6.83. The van der Waals surface area contributed by atoms with Crippen LogP contribution in [0.1, 0.15) is 11.1 Å². The predicted octanol–water partition coefficient (Wildman–Crippen LogP) is 7.75. The number of anilines is 3. The number of aryl methyl sites for hydroxylation is 2. The SMILES string of the molecule is c1ccc2c(c1)CCc1ccccc1N2c1ccc(-n2c3ccccc3c3ccncc32)cc1. The minimum absolute atomic E-state index is 1.05. The van der Waals surface area contributed by atoms with E-state index in [0.717, 1.165) is 24.0 Å².